The number of rotatable bonds is 9. The first-order valence-electron chi connectivity index (χ1n) is 13.3. The molecule has 41 heavy (non-hydrogen) atoms. The summed E-state index contributed by atoms with van der Waals surface area (Å²) in [5, 5.41) is 8.33. The number of aryl methyl sites for hydroxylation is 2. The van der Waals surface area contributed by atoms with E-state index in [1.807, 2.05) is 88.4 Å². The normalized spacial score (nSPS) is 11.9. The van der Waals surface area contributed by atoms with E-state index >= 15 is 0 Å². The smallest absolute Gasteiger partial charge is 0.272 e. The SMILES string of the molecule is Cc1ccccc1/C=C(\NC(=O)c1ccccc1)C(=O)Nc1ccc(SC(C)C(=O)Nc2cccc(C)c2C)cc1. The summed E-state index contributed by atoms with van der Waals surface area (Å²) in [7, 11) is 0. The standard InChI is InChI=1S/C34H33N3O3S/c1-22-12-10-16-30(24(22)3)36-32(38)25(4)41-29-19-17-28(18-20-29)35-34(40)31(21-27-15-9-8-11-23(27)2)37-33(39)26-13-6-5-7-14-26/h5-21,25H,1-4H3,(H,35,40)(H,36,38)(H,37,39)/b31-21-. The van der Waals surface area contributed by atoms with E-state index in [0.717, 1.165) is 32.8 Å². The van der Waals surface area contributed by atoms with Crippen molar-refractivity contribution in [3.8, 4) is 0 Å². The molecule has 0 aromatic heterocycles. The van der Waals surface area contributed by atoms with Crippen molar-refractivity contribution < 1.29 is 14.4 Å². The molecule has 0 aliphatic carbocycles. The van der Waals surface area contributed by atoms with E-state index in [-0.39, 0.29) is 22.8 Å². The zero-order valence-corrected chi connectivity index (χ0v) is 24.3. The number of carbonyl (C=O) groups is 3. The number of hydrogen-bond donors (Lipinski definition) is 3. The van der Waals surface area contributed by atoms with Gasteiger partial charge in [0.15, 0.2) is 0 Å². The maximum Gasteiger partial charge on any atom is 0.272 e. The molecule has 4 aromatic rings. The van der Waals surface area contributed by atoms with Gasteiger partial charge < -0.3 is 16.0 Å². The number of anilines is 2. The molecule has 0 saturated heterocycles. The van der Waals surface area contributed by atoms with Crippen LogP contribution in [0.2, 0.25) is 0 Å². The molecular weight excluding hydrogens is 530 g/mol. The average molecular weight is 564 g/mol. The van der Waals surface area contributed by atoms with Crippen LogP contribution in [0, 0.1) is 20.8 Å². The van der Waals surface area contributed by atoms with Gasteiger partial charge in [0.2, 0.25) is 5.91 Å². The highest BCUT2D eigenvalue weighted by Gasteiger charge is 2.18. The molecule has 1 unspecified atom stereocenters. The van der Waals surface area contributed by atoms with Crippen LogP contribution < -0.4 is 16.0 Å². The topological polar surface area (TPSA) is 87.3 Å². The Kier molecular flexibility index (Phi) is 9.77. The van der Waals surface area contributed by atoms with Gasteiger partial charge in [-0.1, -0.05) is 54.6 Å². The third-order valence-corrected chi connectivity index (χ3v) is 7.79. The number of thioether (sulfide) groups is 1. The van der Waals surface area contributed by atoms with Crippen molar-refractivity contribution in [1.82, 2.24) is 5.32 Å². The van der Waals surface area contributed by atoms with Crippen molar-refractivity contribution in [2.75, 3.05) is 10.6 Å². The van der Waals surface area contributed by atoms with Gasteiger partial charge in [-0.3, -0.25) is 14.4 Å². The Bertz CT molecular complexity index is 1580. The van der Waals surface area contributed by atoms with E-state index in [1.165, 1.54) is 11.8 Å². The summed E-state index contributed by atoms with van der Waals surface area (Å²) in [5.41, 5.74) is 5.93. The number of hydrogen-bond acceptors (Lipinski definition) is 4. The van der Waals surface area contributed by atoms with Crippen molar-refractivity contribution in [2.24, 2.45) is 0 Å². The van der Waals surface area contributed by atoms with E-state index in [4.69, 9.17) is 0 Å². The summed E-state index contributed by atoms with van der Waals surface area (Å²) >= 11 is 1.43. The van der Waals surface area contributed by atoms with Crippen LogP contribution in [-0.2, 0) is 9.59 Å². The van der Waals surface area contributed by atoms with Crippen molar-refractivity contribution in [3.05, 3.63) is 131 Å². The second-order valence-electron chi connectivity index (χ2n) is 9.71. The molecule has 0 spiro atoms. The van der Waals surface area contributed by atoms with Crippen LogP contribution in [0.5, 0.6) is 0 Å². The second-order valence-corrected chi connectivity index (χ2v) is 11.1. The van der Waals surface area contributed by atoms with Crippen LogP contribution in [-0.4, -0.2) is 23.0 Å². The van der Waals surface area contributed by atoms with Gasteiger partial charge in [-0.05, 0) is 98.5 Å². The third kappa shape index (κ3) is 7.96. The van der Waals surface area contributed by atoms with Gasteiger partial charge in [0.05, 0.1) is 5.25 Å². The summed E-state index contributed by atoms with van der Waals surface area (Å²) in [5.74, 6) is -0.902. The minimum atomic E-state index is -0.445. The summed E-state index contributed by atoms with van der Waals surface area (Å²) in [6, 6.07) is 29.5. The molecule has 7 heteroatoms. The molecule has 0 saturated carbocycles. The second kappa shape index (κ2) is 13.6. The summed E-state index contributed by atoms with van der Waals surface area (Å²) in [4.78, 5) is 39.9. The van der Waals surface area contributed by atoms with Crippen LogP contribution in [0.3, 0.4) is 0 Å². The van der Waals surface area contributed by atoms with E-state index in [2.05, 4.69) is 16.0 Å². The fourth-order valence-electron chi connectivity index (χ4n) is 4.04. The summed E-state index contributed by atoms with van der Waals surface area (Å²) in [6.07, 6.45) is 1.67. The van der Waals surface area contributed by atoms with Gasteiger partial charge in [0.25, 0.3) is 11.8 Å². The molecule has 208 valence electrons. The molecule has 4 rings (SSSR count). The van der Waals surface area contributed by atoms with E-state index in [1.54, 1.807) is 42.5 Å². The Morgan fingerprint density at radius 3 is 2.10 bits per heavy atom. The lowest BCUT2D eigenvalue weighted by Crippen LogP contribution is -2.30. The first kappa shape index (κ1) is 29.4. The highest BCUT2D eigenvalue weighted by Crippen LogP contribution is 2.27. The van der Waals surface area contributed by atoms with Crippen molar-refractivity contribution >= 4 is 46.9 Å². The maximum atomic E-state index is 13.3. The molecule has 0 fully saturated rings. The lowest BCUT2D eigenvalue weighted by molar-refractivity contribution is -0.115. The van der Waals surface area contributed by atoms with Crippen molar-refractivity contribution in [1.29, 1.82) is 0 Å². The van der Waals surface area contributed by atoms with Gasteiger partial charge in [-0.25, -0.2) is 0 Å². The quantitative estimate of drug-likeness (QED) is 0.149. The Labute approximate surface area is 245 Å². The monoisotopic (exact) mass is 563 g/mol. The summed E-state index contributed by atoms with van der Waals surface area (Å²) in [6.45, 7) is 7.81. The molecule has 3 N–H and O–H groups in total. The molecule has 0 radical (unpaired) electrons. The number of carbonyl (C=O) groups excluding carboxylic acids is 3. The van der Waals surface area contributed by atoms with Gasteiger partial charge in [0.1, 0.15) is 5.70 Å². The molecule has 1 atom stereocenters. The van der Waals surface area contributed by atoms with Crippen molar-refractivity contribution in [3.63, 3.8) is 0 Å². The molecule has 0 aliphatic heterocycles. The largest absolute Gasteiger partial charge is 0.325 e. The van der Waals surface area contributed by atoms with Crippen molar-refractivity contribution in [2.45, 2.75) is 37.8 Å². The number of nitrogens with one attached hydrogen (secondary N) is 3. The molecule has 0 aliphatic rings. The minimum Gasteiger partial charge on any atom is -0.325 e. The molecule has 0 heterocycles. The Balaban J connectivity index is 1.44. The molecule has 4 aromatic carbocycles. The van der Waals surface area contributed by atoms with Crippen LogP contribution in [0.25, 0.3) is 6.08 Å². The van der Waals surface area contributed by atoms with Crippen LogP contribution >= 0.6 is 11.8 Å². The lowest BCUT2D eigenvalue weighted by atomic mass is 10.1. The third-order valence-electron chi connectivity index (χ3n) is 6.67. The molecule has 0 bridgehead atoms. The number of benzene rings is 4. The minimum absolute atomic E-state index is 0.0822. The average Bonchev–Trinajstić information content (AvgIpc) is 2.97. The zero-order chi connectivity index (χ0) is 29.4. The predicted octanol–water partition coefficient (Wildman–Crippen LogP) is 7.14. The van der Waals surface area contributed by atoms with Crippen LogP contribution in [0.15, 0.2) is 108 Å². The zero-order valence-electron chi connectivity index (χ0n) is 23.5. The Morgan fingerprint density at radius 1 is 0.732 bits per heavy atom. The fourth-order valence-corrected chi connectivity index (χ4v) is 4.91. The lowest BCUT2D eigenvalue weighted by Gasteiger charge is -2.15. The van der Waals surface area contributed by atoms with E-state index in [0.29, 0.717) is 11.3 Å². The van der Waals surface area contributed by atoms with Crippen LogP contribution in [0.4, 0.5) is 11.4 Å². The van der Waals surface area contributed by atoms with Gasteiger partial charge >= 0.3 is 0 Å². The highest BCUT2D eigenvalue weighted by atomic mass is 32.2. The van der Waals surface area contributed by atoms with E-state index < -0.39 is 5.91 Å². The fraction of sp³-hybridized carbons (Fsp3) is 0.147. The highest BCUT2D eigenvalue weighted by molar-refractivity contribution is 8.00. The Morgan fingerprint density at radius 2 is 1.39 bits per heavy atom. The van der Waals surface area contributed by atoms with Gasteiger partial charge in [0, 0.05) is 21.8 Å². The molecule has 3 amide bonds. The predicted molar refractivity (Wildman–Crippen MR) is 168 cm³/mol. The molecular formula is C34H33N3O3S. The van der Waals surface area contributed by atoms with Crippen LogP contribution in [0.1, 0.15) is 39.5 Å². The molecule has 6 nitrogen and oxygen atoms in total. The first-order chi connectivity index (χ1) is 19.7. The van der Waals surface area contributed by atoms with Gasteiger partial charge in [-0.15, -0.1) is 11.8 Å². The maximum absolute atomic E-state index is 13.3. The Hall–Kier alpha value is -4.62. The summed E-state index contributed by atoms with van der Waals surface area (Å²) < 4.78 is 0. The van der Waals surface area contributed by atoms with E-state index in [9.17, 15) is 14.4 Å². The number of amides is 3. The van der Waals surface area contributed by atoms with Gasteiger partial charge in [-0.2, -0.15) is 0 Å². The first-order valence-corrected chi connectivity index (χ1v) is 14.2.